The summed E-state index contributed by atoms with van der Waals surface area (Å²) in [6.07, 6.45) is 0. The molecule has 0 fully saturated rings. The zero-order chi connectivity index (χ0) is 19.0. The Hall–Kier alpha value is -3.95. The standard InChI is InChI=1S/C15H8O10/c16-11(17)5-2-1-4-6(8(5)13(20)21)3-7(12(18)19)10(15(24)25)9(4)14(22)23/h1-3H,(H,16,17)(H,18,19)(H,20,21)(H,22,23)(H,24,25). The summed E-state index contributed by atoms with van der Waals surface area (Å²) in [5, 5.41) is 45.1. The van der Waals surface area contributed by atoms with Gasteiger partial charge >= 0.3 is 29.8 Å². The molecule has 25 heavy (non-hydrogen) atoms. The average molecular weight is 348 g/mol. The molecule has 10 nitrogen and oxygen atoms in total. The second kappa shape index (κ2) is 5.92. The summed E-state index contributed by atoms with van der Waals surface area (Å²) in [6, 6.07) is 2.38. The molecular weight excluding hydrogens is 340 g/mol. The lowest BCUT2D eigenvalue weighted by atomic mass is 9.89. The van der Waals surface area contributed by atoms with Gasteiger partial charge in [-0.05, 0) is 22.9 Å². The molecule has 2 aromatic rings. The van der Waals surface area contributed by atoms with E-state index in [1.54, 1.807) is 0 Å². The molecule has 0 saturated carbocycles. The highest BCUT2D eigenvalue weighted by Gasteiger charge is 2.30. The van der Waals surface area contributed by atoms with Crippen LogP contribution < -0.4 is 0 Å². The van der Waals surface area contributed by atoms with E-state index in [1.165, 1.54) is 0 Å². The van der Waals surface area contributed by atoms with Crippen molar-refractivity contribution in [1.29, 1.82) is 0 Å². The molecule has 0 amide bonds. The molecule has 5 N–H and O–H groups in total. The maximum absolute atomic E-state index is 11.5. The first kappa shape index (κ1) is 17.4. The van der Waals surface area contributed by atoms with Crippen molar-refractivity contribution >= 4 is 40.6 Å². The molecule has 0 atom stereocenters. The van der Waals surface area contributed by atoms with Gasteiger partial charge in [-0.15, -0.1) is 0 Å². The molecule has 0 radical (unpaired) electrons. The Labute approximate surface area is 137 Å². The lowest BCUT2D eigenvalue weighted by molar-refractivity contribution is 0.0634. The van der Waals surface area contributed by atoms with Crippen molar-refractivity contribution in [3.8, 4) is 0 Å². The molecule has 0 heterocycles. The van der Waals surface area contributed by atoms with E-state index in [2.05, 4.69) is 0 Å². The summed E-state index contributed by atoms with van der Waals surface area (Å²) in [7, 11) is 0. The first-order valence-electron chi connectivity index (χ1n) is 6.38. The maximum atomic E-state index is 11.5. The van der Waals surface area contributed by atoms with E-state index in [0.717, 1.165) is 12.1 Å². The van der Waals surface area contributed by atoms with Crippen LogP contribution in [0.5, 0.6) is 0 Å². The minimum Gasteiger partial charge on any atom is -0.478 e. The largest absolute Gasteiger partial charge is 0.478 e. The van der Waals surface area contributed by atoms with Gasteiger partial charge in [0.05, 0.1) is 27.8 Å². The molecule has 0 aromatic heterocycles. The second-order valence-corrected chi connectivity index (χ2v) is 4.78. The number of rotatable bonds is 5. The van der Waals surface area contributed by atoms with Gasteiger partial charge in [0, 0.05) is 0 Å². The third-order valence-corrected chi connectivity index (χ3v) is 3.43. The third-order valence-electron chi connectivity index (χ3n) is 3.43. The van der Waals surface area contributed by atoms with Crippen molar-refractivity contribution in [2.24, 2.45) is 0 Å². The molecule has 0 aliphatic carbocycles. The molecular formula is C15H8O10. The van der Waals surface area contributed by atoms with Crippen LogP contribution in [0, 0.1) is 0 Å². The van der Waals surface area contributed by atoms with Gasteiger partial charge in [-0.3, -0.25) is 0 Å². The summed E-state index contributed by atoms with van der Waals surface area (Å²) in [5.74, 6) is -8.81. The predicted octanol–water partition coefficient (Wildman–Crippen LogP) is 1.33. The molecule has 2 rings (SSSR count). The summed E-state index contributed by atoms with van der Waals surface area (Å²) in [5.41, 5.74) is -4.49. The molecule has 0 unspecified atom stereocenters. The van der Waals surface area contributed by atoms with Gasteiger partial charge in [0.15, 0.2) is 0 Å². The summed E-state index contributed by atoms with van der Waals surface area (Å²) in [4.78, 5) is 56.8. The fourth-order valence-electron chi connectivity index (χ4n) is 2.49. The molecule has 128 valence electrons. The molecule has 2 aromatic carbocycles. The first-order valence-corrected chi connectivity index (χ1v) is 6.38. The van der Waals surface area contributed by atoms with Crippen molar-refractivity contribution in [1.82, 2.24) is 0 Å². The van der Waals surface area contributed by atoms with E-state index in [9.17, 15) is 39.3 Å². The van der Waals surface area contributed by atoms with Gasteiger partial charge in [0.25, 0.3) is 0 Å². The summed E-state index contributed by atoms with van der Waals surface area (Å²) < 4.78 is 0. The number of carbonyl (C=O) groups is 5. The summed E-state index contributed by atoms with van der Waals surface area (Å²) in [6.45, 7) is 0. The monoisotopic (exact) mass is 348 g/mol. The fourth-order valence-corrected chi connectivity index (χ4v) is 2.49. The molecule has 0 saturated heterocycles. The number of aromatic carboxylic acids is 5. The Morgan fingerprint density at radius 3 is 1.40 bits per heavy atom. The van der Waals surface area contributed by atoms with E-state index >= 15 is 0 Å². The van der Waals surface area contributed by atoms with Crippen LogP contribution in [0.4, 0.5) is 0 Å². The Balaban J connectivity index is 3.22. The molecule has 0 spiro atoms. The highest BCUT2D eigenvalue weighted by molar-refractivity contribution is 6.21. The van der Waals surface area contributed by atoms with Gasteiger partial charge in [-0.1, -0.05) is 6.07 Å². The Morgan fingerprint density at radius 2 is 1.00 bits per heavy atom. The van der Waals surface area contributed by atoms with Crippen molar-refractivity contribution < 1.29 is 49.5 Å². The van der Waals surface area contributed by atoms with Crippen LogP contribution in [0.25, 0.3) is 10.8 Å². The van der Waals surface area contributed by atoms with Crippen molar-refractivity contribution in [3.05, 3.63) is 46.0 Å². The predicted molar refractivity (Wildman–Crippen MR) is 78.7 cm³/mol. The van der Waals surface area contributed by atoms with Crippen molar-refractivity contribution in [2.45, 2.75) is 0 Å². The van der Waals surface area contributed by atoms with Crippen LogP contribution in [0.1, 0.15) is 51.8 Å². The number of carboxylic acids is 5. The zero-order valence-corrected chi connectivity index (χ0v) is 12.0. The molecule has 0 aliphatic heterocycles. The normalized spacial score (nSPS) is 10.4. The second-order valence-electron chi connectivity index (χ2n) is 4.78. The lowest BCUT2D eigenvalue weighted by Crippen LogP contribution is -2.17. The highest BCUT2D eigenvalue weighted by Crippen LogP contribution is 2.31. The third kappa shape index (κ3) is 2.72. The average Bonchev–Trinajstić information content (AvgIpc) is 2.50. The first-order chi connectivity index (χ1) is 11.6. The smallest absolute Gasteiger partial charge is 0.337 e. The Morgan fingerprint density at radius 1 is 0.520 bits per heavy atom. The molecule has 0 bridgehead atoms. The maximum Gasteiger partial charge on any atom is 0.337 e. The van der Waals surface area contributed by atoms with Gasteiger partial charge in [-0.2, -0.15) is 0 Å². The van der Waals surface area contributed by atoms with Crippen LogP contribution in [0.3, 0.4) is 0 Å². The van der Waals surface area contributed by atoms with E-state index in [1.807, 2.05) is 0 Å². The Bertz CT molecular complexity index is 986. The number of hydrogen-bond donors (Lipinski definition) is 5. The van der Waals surface area contributed by atoms with Crippen molar-refractivity contribution in [2.75, 3.05) is 0 Å². The number of benzene rings is 2. The number of hydrogen-bond acceptors (Lipinski definition) is 5. The van der Waals surface area contributed by atoms with Crippen LogP contribution in [-0.2, 0) is 0 Å². The van der Waals surface area contributed by atoms with Crippen LogP contribution in [0.2, 0.25) is 0 Å². The van der Waals surface area contributed by atoms with Crippen LogP contribution in [-0.4, -0.2) is 55.4 Å². The van der Waals surface area contributed by atoms with Crippen LogP contribution in [0.15, 0.2) is 18.2 Å². The van der Waals surface area contributed by atoms with Gasteiger partial charge in [0.1, 0.15) is 0 Å². The fraction of sp³-hybridized carbons (Fsp3) is 0. The summed E-state index contributed by atoms with van der Waals surface area (Å²) >= 11 is 0. The zero-order valence-electron chi connectivity index (χ0n) is 12.0. The topological polar surface area (TPSA) is 186 Å². The van der Waals surface area contributed by atoms with E-state index in [-0.39, 0.29) is 0 Å². The number of carboxylic acid groups (broad SMARTS) is 5. The SMILES string of the molecule is O=C(O)c1cc2c(C(=O)O)c(C(=O)O)ccc2c(C(=O)O)c1C(=O)O. The van der Waals surface area contributed by atoms with Gasteiger partial charge < -0.3 is 25.5 Å². The number of fused-ring (bicyclic) bond motifs is 1. The quantitative estimate of drug-likeness (QED) is 0.527. The van der Waals surface area contributed by atoms with Crippen LogP contribution >= 0.6 is 0 Å². The Kier molecular flexibility index (Phi) is 4.12. The lowest BCUT2D eigenvalue weighted by Gasteiger charge is -2.13. The van der Waals surface area contributed by atoms with Gasteiger partial charge in [-0.25, -0.2) is 24.0 Å². The van der Waals surface area contributed by atoms with Gasteiger partial charge in [0.2, 0.25) is 0 Å². The highest BCUT2D eigenvalue weighted by atomic mass is 16.4. The van der Waals surface area contributed by atoms with E-state index < -0.39 is 68.4 Å². The van der Waals surface area contributed by atoms with E-state index in [4.69, 9.17) is 10.2 Å². The molecule has 0 aliphatic rings. The minimum absolute atomic E-state index is 0.405. The van der Waals surface area contributed by atoms with Crippen molar-refractivity contribution in [3.63, 3.8) is 0 Å². The van der Waals surface area contributed by atoms with E-state index in [0.29, 0.717) is 6.07 Å². The minimum atomic E-state index is -1.84. The molecule has 10 heteroatoms.